The molecule has 0 aromatic rings. The van der Waals surface area contributed by atoms with Crippen LogP contribution in [0.4, 0.5) is 0 Å². The van der Waals surface area contributed by atoms with Gasteiger partial charge in [0.25, 0.3) is 0 Å². The van der Waals surface area contributed by atoms with E-state index in [0.29, 0.717) is 5.41 Å². The van der Waals surface area contributed by atoms with E-state index in [9.17, 15) is 0 Å². The van der Waals surface area contributed by atoms with E-state index < -0.39 is 0 Å². The number of allylic oxidation sites excluding steroid dienone is 3. The summed E-state index contributed by atoms with van der Waals surface area (Å²) in [7, 11) is 0. The van der Waals surface area contributed by atoms with Crippen LogP contribution >= 0.6 is 0 Å². The van der Waals surface area contributed by atoms with Crippen LogP contribution in [0.15, 0.2) is 29.5 Å². The normalized spacial score (nSPS) is 16.6. The van der Waals surface area contributed by atoms with E-state index in [1.807, 2.05) is 12.2 Å². The highest BCUT2D eigenvalue weighted by Crippen LogP contribution is 2.27. The van der Waals surface area contributed by atoms with Gasteiger partial charge in [-0.05, 0) is 23.1 Å². The predicted molar refractivity (Wildman–Crippen MR) is 40.2 cm³/mol. The highest BCUT2D eigenvalue weighted by atomic mass is 14.2. The second-order valence-corrected chi connectivity index (χ2v) is 3.35. The SMILES string of the molecule is CC(C)(C)C1=CC=C=C1. The van der Waals surface area contributed by atoms with Gasteiger partial charge < -0.3 is 0 Å². The molecule has 0 N–H and O–H groups in total. The molecule has 0 unspecified atom stereocenters. The van der Waals surface area contributed by atoms with Crippen molar-refractivity contribution in [2.45, 2.75) is 20.8 Å². The minimum absolute atomic E-state index is 0.292. The molecule has 0 fully saturated rings. The lowest BCUT2D eigenvalue weighted by atomic mass is 9.87. The van der Waals surface area contributed by atoms with Crippen LogP contribution in [0.1, 0.15) is 20.8 Å². The summed E-state index contributed by atoms with van der Waals surface area (Å²) >= 11 is 0. The molecule has 0 aromatic carbocycles. The maximum Gasteiger partial charge on any atom is -0.0126 e. The fourth-order valence-corrected chi connectivity index (χ4v) is 0.790. The summed E-state index contributed by atoms with van der Waals surface area (Å²) in [6.07, 6.45) is 6.11. The molecule has 0 heterocycles. The Morgan fingerprint density at radius 1 is 1.33 bits per heavy atom. The standard InChI is InChI=1S/C9H12/c1-9(2,3)8-6-4-5-7-8/h4,6-7H,1-3H3. The van der Waals surface area contributed by atoms with Gasteiger partial charge in [0.1, 0.15) is 0 Å². The van der Waals surface area contributed by atoms with E-state index in [-0.39, 0.29) is 0 Å². The molecule has 1 aliphatic carbocycles. The van der Waals surface area contributed by atoms with E-state index in [4.69, 9.17) is 0 Å². The smallest absolute Gasteiger partial charge is 0.0126 e. The van der Waals surface area contributed by atoms with Gasteiger partial charge in [0.05, 0.1) is 0 Å². The Morgan fingerprint density at radius 2 is 2.00 bits per heavy atom. The first kappa shape index (κ1) is 6.38. The maximum absolute atomic E-state index is 3.04. The second-order valence-electron chi connectivity index (χ2n) is 3.35. The third-order valence-corrected chi connectivity index (χ3v) is 1.46. The van der Waals surface area contributed by atoms with E-state index in [2.05, 4.69) is 32.6 Å². The Hall–Kier alpha value is -0.740. The van der Waals surface area contributed by atoms with E-state index in [0.717, 1.165) is 0 Å². The lowest BCUT2D eigenvalue weighted by molar-refractivity contribution is 0.518. The summed E-state index contributed by atoms with van der Waals surface area (Å²) in [4.78, 5) is 0. The number of hydrogen-bond donors (Lipinski definition) is 0. The molecule has 9 heavy (non-hydrogen) atoms. The molecule has 1 aliphatic rings. The van der Waals surface area contributed by atoms with Crippen molar-refractivity contribution in [1.29, 1.82) is 0 Å². The largest absolute Gasteiger partial charge is 0.121 e. The molecule has 0 saturated heterocycles. The van der Waals surface area contributed by atoms with Gasteiger partial charge >= 0.3 is 0 Å². The van der Waals surface area contributed by atoms with Crippen LogP contribution in [0.5, 0.6) is 0 Å². The van der Waals surface area contributed by atoms with Gasteiger partial charge in [-0.25, -0.2) is 0 Å². The first-order valence-corrected chi connectivity index (χ1v) is 3.24. The highest BCUT2D eigenvalue weighted by Gasteiger charge is 2.14. The summed E-state index contributed by atoms with van der Waals surface area (Å²) in [6, 6.07) is 0. The Kier molecular flexibility index (Phi) is 1.34. The Morgan fingerprint density at radius 3 is 2.22 bits per heavy atom. The highest BCUT2D eigenvalue weighted by molar-refractivity contribution is 5.33. The Balaban J connectivity index is 2.79. The van der Waals surface area contributed by atoms with Crippen LogP contribution in [-0.4, -0.2) is 0 Å². The van der Waals surface area contributed by atoms with Crippen molar-refractivity contribution in [2.75, 3.05) is 0 Å². The average molecular weight is 120 g/mol. The van der Waals surface area contributed by atoms with Crippen molar-refractivity contribution < 1.29 is 0 Å². The monoisotopic (exact) mass is 120 g/mol. The average Bonchev–Trinajstić information content (AvgIpc) is 2.08. The van der Waals surface area contributed by atoms with Gasteiger partial charge in [0.15, 0.2) is 0 Å². The molecule has 0 bridgehead atoms. The molecule has 0 radical (unpaired) electrons. The van der Waals surface area contributed by atoms with Gasteiger partial charge in [-0.2, -0.15) is 0 Å². The van der Waals surface area contributed by atoms with Crippen molar-refractivity contribution >= 4 is 0 Å². The fraction of sp³-hybridized carbons (Fsp3) is 0.444. The van der Waals surface area contributed by atoms with Crippen molar-refractivity contribution in [3.05, 3.63) is 29.5 Å². The third kappa shape index (κ3) is 1.34. The molecule has 0 spiro atoms. The van der Waals surface area contributed by atoms with Crippen molar-refractivity contribution in [2.24, 2.45) is 5.41 Å². The van der Waals surface area contributed by atoms with Gasteiger partial charge in [0.2, 0.25) is 0 Å². The van der Waals surface area contributed by atoms with Crippen LogP contribution in [0.3, 0.4) is 0 Å². The van der Waals surface area contributed by atoms with E-state index >= 15 is 0 Å². The minimum Gasteiger partial charge on any atom is -0.121 e. The fourth-order valence-electron chi connectivity index (χ4n) is 0.790. The van der Waals surface area contributed by atoms with Gasteiger partial charge in [-0.15, -0.1) is 5.73 Å². The molecule has 0 nitrogen and oxygen atoms in total. The van der Waals surface area contributed by atoms with Crippen molar-refractivity contribution in [1.82, 2.24) is 0 Å². The summed E-state index contributed by atoms with van der Waals surface area (Å²) < 4.78 is 0. The molecule has 1 rings (SSSR count). The molecular formula is C9H12. The third-order valence-electron chi connectivity index (χ3n) is 1.46. The van der Waals surface area contributed by atoms with Crippen molar-refractivity contribution in [3.63, 3.8) is 0 Å². The molecule has 0 aliphatic heterocycles. The van der Waals surface area contributed by atoms with Crippen LogP contribution in [0.25, 0.3) is 0 Å². The van der Waals surface area contributed by atoms with E-state index in [1.54, 1.807) is 0 Å². The van der Waals surface area contributed by atoms with Crippen LogP contribution < -0.4 is 0 Å². The predicted octanol–water partition coefficient (Wildman–Crippen LogP) is 2.68. The Labute approximate surface area is 56.6 Å². The van der Waals surface area contributed by atoms with Gasteiger partial charge in [-0.3, -0.25) is 0 Å². The van der Waals surface area contributed by atoms with Crippen LogP contribution in [0, 0.1) is 5.41 Å². The quantitative estimate of drug-likeness (QED) is 0.431. The zero-order chi connectivity index (χ0) is 6.91. The summed E-state index contributed by atoms with van der Waals surface area (Å²) in [5.74, 6) is 0. The molecular weight excluding hydrogens is 108 g/mol. The molecule has 0 heteroatoms. The summed E-state index contributed by atoms with van der Waals surface area (Å²) in [5.41, 5.74) is 4.69. The lowest BCUT2D eigenvalue weighted by Gasteiger charge is -2.17. The lowest BCUT2D eigenvalue weighted by Crippen LogP contribution is -2.05. The molecule has 48 valence electrons. The maximum atomic E-state index is 3.04. The van der Waals surface area contributed by atoms with Crippen molar-refractivity contribution in [3.8, 4) is 0 Å². The summed E-state index contributed by atoms with van der Waals surface area (Å²) in [6.45, 7) is 6.61. The zero-order valence-corrected chi connectivity index (χ0v) is 6.23. The molecule has 0 aromatic heterocycles. The second kappa shape index (κ2) is 1.89. The van der Waals surface area contributed by atoms with Gasteiger partial charge in [0, 0.05) is 0 Å². The van der Waals surface area contributed by atoms with Gasteiger partial charge in [-0.1, -0.05) is 26.8 Å². The minimum atomic E-state index is 0.292. The number of hydrogen-bond acceptors (Lipinski definition) is 0. The molecule has 0 saturated carbocycles. The van der Waals surface area contributed by atoms with Crippen LogP contribution in [-0.2, 0) is 0 Å². The molecule has 0 amide bonds. The first-order chi connectivity index (χ1) is 4.11. The van der Waals surface area contributed by atoms with Crippen LogP contribution in [0.2, 0.25) is 0 Å². The Bertz CT molecular complexity index is 193. The van der Waals surface area contributed by atoms with E-state index in [1.165, 1.54) is 5.57 Å². The first-order valence-electron chi connectivity index (χ1n) is 3.24. The number of rotatable bonds is 0. The zero-order valence-electron chi connectivity index (χ0n) is 6.23. The topological polar surface area (TPSA) is 0 Å². The summed E-state index contributed by atoms with van der Waals surface area (Å²) in [5, 5.41) is 0. The molecule has 0 atom stereocenters.